The Labute approximate surface area is 133 Å². The highest BCUT2D eigenvalue weighted by atomic mass is 14.6. The Morgan fingerprint density at radius 3 is 2.27 bits per heavy atom. The average Bonchev–Trinajstić information content (AvgIpc) is 2.53. The van der Waals surface area contributed by atoms with Gasteiger partial charge in [-0.25, -0.2) is 0 Å². The smallest absolute Gasteiger partial charge is 0.0428 e. The van der Waals surface area contributed by atoms with Crippen LogP contribution in [-0.2, 0) is 6.42 Å². The fraction of sp³-hybridized carbons (Fsp3) is 0.500. The molecular weight excluding hydrogens is 268 g/mol. The summed E-state index contributed by atoms with van der Waals surface area (Å²) in [6.07, 6.45) is 7.77. The molecule has 1 aliphatic carbocycles. The van der Waals surface area contributed by atoms with Crippen molar-refractivity contribution in [2.75, 3.05) is 11.5 Å². The summed E-state index contributed by atoms with van der Waals surface area (Å²) in [5, 5.41) is 2.18. The van der Waals surface area contributed by atoms with Crippen molar-refractivity contribution in [1.29, 1.82) is 0 Å². The first-order chi connectivity index (χ1) is 10.5. The van der Waals surface area contributed by atoms with Crippen molar-refractivity contribution in [1.82, 2.24) is 0 Å². The molecule has 0 unspecified atom stereocenters. The zero-order valence-electron chi connectivity index (χ0n) is 13.9. The maximum atomic E-state index is 6.51. The minimum Gasteiger partial charge on any atom is -0.398 e. The summed E-state index contributed by atoms with van der Waals surface area (Å²) in [5.74, 6) is 0.680. The molecule has 2 aromatic rings. The van der Waals surface area contributed by atoms with E-state index >= 15 is 0 Å². The second-order valence-corrected chi connectivity index (χ2v) is 7.34. The van der Waals surface area contributed by atoms with Crippen LogP contribution in [0.25, 0.3) is 10.8 Å². The third-order valence-electron chi connectivity index (χ3n) is 5.82. The molecule has 0 amide bonds. The molecule has 2 nitrogen and oxygen atoms in total. The number of fused-ring (bicyclic) bond motifs is 1. The SMILES string of the molecule is CC(C)C1(Cc2cc(N)c3ccccc3c2N)CCCCC1. The molecule has 0 bridgehead atoms. The van der Waals surface area contributed by atoms with Crippen molar-refractivity contribution in [2.24, 2.45) is 11.3 Å². The summed E-state index contributed by atoms with van der Waals surface area (Å²) in [5.41, 5.74) is 16.2. The van der Waals surface area contributed by atoms with E-state index in [1.54, 1.807) is 0 Å². The molecule has 0 saturated heterocycles. The van der Waals surface area contributed by atoms with Gasteiger partial charge in [-0.2, -0.15) is 0 Å². The largest absolute Gasteiger partial charge is 0.398 e. The van der Waals surface area contributed by atoms with E-state index in [4.69, 9.17) is 11.5 Å². The van der Waals surface area contributed by atoms with Gasteiger partial charge in [0.25, 0.3) is 0 Å². The zero-order valence-corrected chi connectivity index (χ0v) is 13.9. The molecule has 4 N–H and O–H groups in total. The topological polar surface area (TPSA) is 52.0 Å². The van der Waals surface area contributed by atoms with Crippen molar-refractivity contribution >= 4 is 22.1 Å². The van der Waals surface area contributed by atoms with Gasteiger partial charge in [0.1, 0.15) is 0 Å². The van der Waals surface area contributed by atoms with Gasteiger partial charge in [-0.1, -0.05) is 57.4 Å². The molecule has 0 heterocycles. The standard InChI is InChI=1S/C20H28N2/c1-14(2)20(10-6-3-7-11-20)13-15-12-18(21)16-8-4-5-9-17(16)19(15)22/h4-5,8-9,12,14H,3,6-7,10-11,13,21-22H2,1-2H3. The lowest BCUT2D eigenvalue weighted by Crippen LogP contribution is -2.32. The molecule has 3 rings (SSSR count). The van der Waals surface area contributed by atoms with Gasteiger partial charge in [-0.15, -0.1) is 0 Å². The third-order valence-corrected chi connectivity index (χ3v) is 5.82. The number of anilines is 2. The maximum Gasteiger partial charge on any atom is 0.0428 e. The molecule has 0 atom stereocenters. The lowest BCUT2D eigenvalue weighted by atomic mass is 9.64. The van der Waals surface area contributed by atoms with Crippen LogP contribution in [0.2, 0.25) is 0 Å². The highest BCUT2D eigenvalue weighted by molar-refractivity contribution is 6.01. The molecule has 0 aliphatic heterocycles. The summed E-state index contributed by atoms with van der Waals surface area (Å²) in [6.45, 7) is 4.73. The van der Waals surface area contributed by atoms with Gasteiger partial charge in [0.15, 0.2) is 0 Å². The molecule has 22 heavy (non-hydrogen) atoms. The second kappa shape index (κ2) is 5.83. The van der Waals surface area contributed by atoms with Crippen LogP contribution < -0.4 is 11.5 Å². The molecule has 0 spiro atoms. The average molecular weight is 296 g/mol. The Hall–Kier alpha value is -1.70. The van der Waals surface area contributed by atoms with Gasteiger partial charge in [0, 0.05) is 22.1 Å². The number of hydrogen-bond acceptors (Lipinski definition) is 2. The van der Waals surface area contributed by atoms with Gasteiger partial charge < -0.3 is 11.5 Å². The Kier molecular flexibility index (Phi) is 4.03. The van der Waals surface area contributed by atoms with Crippen LogP contribution in [-0.4, -0.2) is 0 Å². The van der Waals surface area contributed by atoms with Crippen LogP contribution in [0.15, 0.2) is 30.3 Å². The lowest BCUT2D eigenvalue weighted by molar-refractivity contribution is 0.118. The Morgan fingerprint density at radius 1 is 1.00 bits per heavy atom. The Bertz CT molecular complexity index is 667. The van der Waals surface area contributed by atoms with Gasteiger partial charge >= 0.3 is 0 Å². The Morgan fingerprint density at radius 2 is 1.64 bits per heavy atom. The van der Waals surface area contributed by atoms with E-state index in [1.165, 1.54) is 37.7 Å². The molecule has 2 aromatic carbocycles. The van der Waals surface area contributed by atoms with Crippen LogP contribution in [0.4, 0.5) is 11.4 Å². The van der Waals surface area contributed by atoms with E-state index in [-0.39, 0.29) is 0 Å². The molecule has 0 radical (unpaired) electrons. The predicted octanol–water partition coefficient (Wildman–Crippen LogP) is 5.15. The van der Waals surface area contributed by atoms with Crippen LogP contribution in [0.1, 0.15) is 51.5 Å². The monoisotopic (exact) mass is 296 g/mol. The first kappa shape index (κ1) is 15.2. The van der Waals surface area contributed by atoms with Crippen molar-refractivity contribution in [3.63, 3.8) is 0 Å². The summed E-state index contributed by atoms with van der Waals surface area (Å²) in [4.78, 5) is 0. The van der Waals surface area contributed by atoms with Crippen molar-refractivity contribution in [2.45, 2.75) is 52.4 Å². The molecule has 1 saturated carbocycles. The van der Waals surface area contributed by atoms with Crippen molar-refractivity contribution in [3.8, 4) is 0 Å². The van der Waals surface area contributed by atoms with E-state index < -0.39 is 0 Å². The highest BCUT2D eigenvalue weighted by Gasteiger charge is 2.35. The van der Waals surface area contributed by atoms with Crippen LogP contribution in [0, 0.1) is 11.3 Å². The van der Waals surface area contributed by atoms with Crippen LogP contribution in [0.5, 0.6) is 0 Å². The third kappa shape index (κ3) is 2.55. The molecule has 118 valence electrons. The normalized spacial score (nSPS) is 18.0. The summed E-state index contributed by atoms with van der Waals surface area (Å²) in [6, 6.07) is 10.3. The molecule has 1 fully saturated rings. The van der Waals surface area contributed by atoms with Gasteiger partial charge in [-0.3, -0.25) is 0 Å². The predicted molar refractivity (Wildman–Crippen MR) is 96.8 cm³/mol. The number of hydrogen-bond donors (Lipinski definition) is 2. The highest BCUT2D eigenvalue weighted by Crippen LogP contribution is 2.46. The van der Waals surface area contributed by atoms with E-state index in [0.717, 1.165) is 28.6 Å². The number of nitrogen functional groups attached to an aromatic ring is 2. The first-order valence-corrected chi connectivity index (χ1v) is 8.59. The van der Waals surface area contributed by atoms with Crippen LogP contribution >= 0.6 is 0 Å². The van der Waals surface area contributed by atoms with E-state index in [2.05, 4.69) is 32.0 Å². The Balaban J connectivity index is 2.04. The van der Waals surface area contributed by atoms with Gasteiger partial charge in [0.05, 0.1) is 0 Å². The molecule has 2 heteroatoms. The fourth-order valence-corrected chi connectivity index (χ4v) is 4.23. The van der Waals surface area contributed by atoms with Crippen LogP contribution in [0.3, 0.4) is 0 Å². The van der Waals surface area contributed by atoms with Gasteiger partial charge in [-0.05, 0) is 42.2 Å². The zero-order chi connectivity index (χ0) is 15.7. The minimum absolute atomic E-state index is 0.390. The summed E-state index contributed by atoms with van der Waals surface area (Å²) >= 11 is 0. The first-order valence-electron chi connectivity index (χ1n) is 8.59. The minimum atomic E-state index is 0.390. The van der Waals surface area contributed by atoms with E-state index in [0.29, 0.717) is 11.3 Å². The lowest BCUT2D eigenvalue weighted by Gasteiger charge is -2.41. The summed E-state index contributed by atoms with van der Waals surface area (Å²) in [7, 11) is 0. The quantitative estimate of drug-likeness (QED) is 0.769. The fourth-order valence-electron chi connectivity index (χ4n) is 4.23. The molecule has 1 aliphatic rings. The van der Waals surface area contributed by atoms with E-state index in [9.17, 15) is 0 Å². The molecule has 0 aromatic heterocycles. The maximum absolute atomic E-state index is 6.51. The second-order valence-electron chi connectivity index (χ2n) is 7.34. The van der Waals surface area contributed by atoms with Gasteiger partial charge in [0.2, 0.25) is 0 Å². The number of nitrogens with two attached hydrogens (primary N) is 2. The summed E-state index contributed by atoms with van der Waals surface area (Å²) < 4.78 is 0. The number of benzene rings is 2. The van der Waals surface area contributed by atoms with Crippen molar-refractivity contribution in [3.05, 3.63) is 35.9 Å². The molecular formula is C20H28N2. The number of rotatable bonds is 3. The van der Waals surface area contributed by atoms with Crippen molar-refractivity contribution < 1.29 is 0 Å². The van der Waals surface area contributed by atoms with E-state index in [1.807, 2.05) is 12.1 Å².